The van der Waals surface area contributed by atoms with Crippen molar-refractivity contribution in [3.63, 3.8) is 0 Å². The zero-order valence-electron chi connectivity index (χ0n) is 16.5. The van der Waals surface area contributed by atoms with Crippen LogP contribution < -0.4 is 15.5 Å². The van der Waals surface area contributed by atoms with Crippen molar-refractivity contribution in [1.82, 2.24) is 20.4 Å². The molecule has 3 amide bonds. The number of hydrogen-bond acceptors (Lipinski definition) is 5. The summed E-state index contributed by atoms with van der Waals surface area (Å²) in [5.41, 5.74) is 3.41. The molecule has 152 valence electrons. The van der Waals surface area contributed by atoms with E-state index >= 15 is 0 Å². The molecule has 1 unspecified atom stereocenters. The highest BCUT2D eigenvalue weighted by atomic mass is 16.2. The highest BCUT2D eigenvalue weighted by molar-refractivity contribution is 6.06. The van der Waals surface area contributed by atoms with E-state index in [1.165, 1.54) is 4.90 Å². The fourth-order valence-corrected chi connectivity index (χ4v) is 3.90. The van der Waals surface area contributed by atoms with Crippen molar-refractivity contribution in [1.29, 1.82) is 0 Å². The van der Waals surface area contributed by atoms with Crippen molar-refractivity contribution >= 4 is 29.1 Å². The fraction of sp³-hybridized carbons (Fsp3) is 0.400. The Bertz CT molecular complexity index is 969. The lowest BCUT2D eigenvalue weighted by Crippen LogP contribution is -2.45. The SMILES string of the molecule is CC1CC(=O)Nc2ccccc2N1C(=O)CN(C)C(=O)c1n[nH]c2c1CNCC2. The second-order valence-electron chi connectivity index (χ2n) is 7.50. The molecule has 3 heterocycles. The van der Waals surface area contributed by atoms with Gasteiger partial charge >= 0.3 is 0 Å². The van der Waals surface area contributed by atoms with E-state index in [-0.39, 0.29) is 36.7 Å². The van der Waals surface area contributed by atoms with Crippen LogP contribution in [0.25, 0.3) is 0 Å². The van der Waals surface area contributed by atoms with Crippen molar-refractivity contribution in [3.8, 4) is 0 Å². The molecule has 3 N–H and O–H groups in total. The molecule has 1 atom stereocenters. The zero-order valence-corrected chi connectivity index (χ0v) is 16.5. The van der Waals surface area contributed by atoms with Crippen LogP contribution in [0.15, 0.2) is 24.3 Å². The number of carbonyl (C=O) groups is 3. The van der Waals surface area contributed by atoms with E-state index in [4.69, 9.17) is 0 Å². The highest BCUT2D eigenvalue weighted by Gasteiger charge is 2.31. The first-order valence-corrected chi connectivity index (χ1v) is 9.69. The van der Waals surface area contributed by atoms with Gasteiger partial charge in [0.25, 0.3) is 5.91 Å². The lowest BCUT2D eigenvalue weighted by molar-refractivity contribution is -0.119. The summed E-state index contributed by atoms with van der Waals surface area (Å²) in [5.74, 6) is -0.690. The number of nitrogens with one attached hydrogen (secondary N) is 3. The Labute approximate surface area is 168 Å². The third-order valence-corrected chi connectivity index (χ3v) is 5.36. The molecule has 0 saturated carbocycles. The van der Waals surface area contributed by atoms with Crippen LogP contribution in [0, 0.1) is 0 Å². The van der Waals surface area contributed by atoms with Gasteiger partial charge in [0, 0.05) is 50.3 Å². The molecule has 0 bridgehead atoms. The van der Waals surface area contributed by atoms with Gasteiger partial charge in [0.05, 0.1) is 11.4 Å². The van der Waals surface area contributed by atoms with Crippen LogP contribution in [0.1, 0.15) is 35.1 Å². The largest absolute Gasteiger partial charge is 0.331 e. The number of likely N-dealkylation sites (N-methyl/N-ethyl adjacent to an activating group) is 1. The van der Waals surface area contributed by atoms with Gasteiger partial charge in [-0.25, -0.2) is 0 Å². The summed E-state index contributed by atoms with van der Waals surface area (Å²) in [6.07, 6.45) is 0.984. The number of aromatic amines is 1. The second kappa shape index (κ2) is 7.67. The third-order valence-electron chi connectivity index (χ3n) is 5.36. The summed E-state index contributed by atoms with van der Waals surface area (Å²) < 4.78 is 0. The molecule has 4 rings (SSSR count). The first-order valence-electron chi connectivity index (χ1n) is 9.69. The Morgan fingerprint density at radius 2 is 2.10 bits per heavy atom. The second-order valence-corrected chi connectivity index (χ2v) is 7.50. The average molecular weight is 396 g/mol. The first-order chi connectivity index (χ1) is 14.0. The van der Waals surface area contributed by atoms with Gasteiger partial charge < -0.3 is 20.4 Å². The van der Waals surface area contributed by atoms with Crippen molar-refractivity contribution in [2.24, 2.45) is 0 Å². The monoisotopic (exact) mass is 396 g/mol. The topological polar surface area (TPSA) is 110 Å². The van der Waals surface area contributed by atoms with E-state index in [0.717, 1.165) is 24.2 Å². The first kappa shape index (κ1) is 19.1. The standard InChI is InChI=1S/C20H24N6O3/c1-12-9-17(27)22-15-5-3-4-6-16(15)26(12)18(28)11-25(2)20(29)19-13-10-21-8-7-14(13)23-24-19/h3-6,12,21H,7-11H2,1-2H3,(H,22,27)(H,23,24). The summed E-state index contributed by atoms with van der Waals surface area (Å²) in [4.78, 5) is 41.2. The number of para-hydroxylation sites is 2. The summed E-state index contributed by atoms with van der Waals surface area (Å²) in [6.45, 7) is 3.15. The Morgan fingerprint density at radius 3 is 2.93 bits per heavy atom. The van der Waals surface area contributed by atoms with Gasteiger partial charge in [-0.05, 0) is 19.1 Å². The number of nitrogens with zero attached hydrogens (tertiary/aromatic N) is 3. The minimum absolute atomic E-state index is 0.110. The Morgan fingerprint density at radius 1 is 1.31 bits per heavy atom. The van der Waals surface area contributed by atoms with Gasteiger partial charge in [-0.15, -0.1) is 0 Å². The molecule has 9 heteroatoms. The van der Waals surface area contributed by atoms with E-state index < -0.39 is 0 Å². The normalized spacial score (nSPS) is 18.3. The maximum absolute atomic E-state index is 13.2. The molecule has 0 saturated heterocycles. The average Bonchev–Trinajstić information content (AvgIpc) is 3.07. The number of rotatable bonds is 3. The molecule has 1 aromatic carbocycles. The molecule has 2 aliphatic heterocycles. The van der Waals surface area contributed by atoms with Crippen LogP contribution in [0.3, 0.4) is 0 Å². The van der Waals surface area contributed by atoms with Gasteiger partial charge in [0.1, 0.15) is 6.54 Å². The number of hydrogen-bond donors (Lipinski definition) is 3. The van der Waals surface area contributed by atoms with E-state index in [1.54, 1.807) is 24.1 Å². The van der Waals surface area contributed by atoms with Gasteiger partial charge in [0.15, 0.2) is 5.69 Å². The maximum Gasteiger partial charge on any atom is 0.274 e. The van der Waals surface area contributed by atoms with Crippen LogP contribution >= 0.6 is 0 Å². The van der Waals surface area contributed by atoms with E-state index in [1.807, 2.05) is 19.1 Å². The number of carbonyl (C=O) groups excluding carboxylic acids is 3. The summed E-state index contributed by atoms with van der Waals surface area (Å²) >= 11 is 0. The number of anilines is 2. The Hall–Kier alpha value is -3.20. The molecular weight excluding hydrogens is 372 g/mol. The molecule has 2 aliphatic rings. The van der Waals surface area contributed by atoms with Crippen LogP contribution in [-0.4, -0.2) is 59.0 Å². The summed E-state index contributed by atoms with van der Waals surface area (Å²) in [7, 11) is 1.59. The number of aromatic nitrogens is 2. The fourth-order valence-electron chi connectivity index (χ4n) is 3.90. The van der Waals surface area contributed by atoms with Crippen molar-refractivity contribution in [2.75, 3.05) is 30.4 Å². The van der Waals surface area contributed by atoms with Crippen LogP contribution in [0.4, 0.5) is 11.4 Å². The lowest BCUT2D eigenvalue weighted by Gasteiger charge is -2.29. The van der Waals surface area contributed by atoms with E-state index in [2.05, 4.69) is 20.8 Å². The zero-order chi connectivity index (χ0) is 20.5. The number of fused-ring (bicyclic) bond motifs is 2. The quantitative estimate of drug-likeness (QED) is 0.714. The molecule has 2 aromatic rings. The highest BCUT2D eigenvalue weighted by Crippen LogP contribution is 2.31. The smallest absolute Gasteiger partial charge is 0.274 e. The van der Waals surface area contributed by atoms with Gasteiger partial charge in [0.2, 0.25) is 11.8 Å². The van der Waals surface area contributed by atoms with E-state index in [0.29, 0.717) is 23.6 Å². The third kappa shape index (κ3) is 3.61. The van der Waals surface area contributed by atoms with Crippen LogP contribution in [-0.2, 0) is 22.6 Å². The number of H-pyrrole nitrogens is 1. The van der Waals surface area contributed by atoms with Crippen molar-refractivity contribution in [3.05, 3.63) is 41.2 Å². The van der Waals surface area contributed by atoms with Crippen molar-refractivity contribution < 1.29 is 14.4 Å². The summed E-state index contributed by atoms with van der Waals surface area (Å²) in [6, 6.07) is 6.87. The predicted molar refractivity (Wildman–Crippen MR) is 108 cm³/mol. The summed E-state index contributed by atoms with van der Waals surface area (Å²) in [5, 5.41) is 13.2. The molecule has 1 aromatic heterocycles. The lowest BCUT2D eigenvalue weighted by atomic mass is 10.1. The Kier molecular flexibility index (Phi) is 5.06. The molecule has 0 spiro atoms. The van der Waals surface area contributed by atoms with Crippen LogP contribution in [0.2, 0.25) is 0 Å². The van der Waals surface area contributed by atoms with Crippen molar-refractivity contribution in [2.45, 2.75) is 32.4 Å². The predicted octanol–water partition coefficient (Wildman–Crippen LogP) is 0.891. The maximum atomic E-state index is 13.2. The minimum Gasteiger partial charge on any atom is -0.331 e. The Balaban J connectivity index is 1.55. The number of amides is 3. The van der Waals surface area contributed by atoms with Gasteiger partial charge in [-0.2, -0.15) is 5.10 Å². The van der Waals surface area contributed by atoms with E-state index in [9.17, 15) is 14.4 Å². The van der Waals surface area contributed by atoms with Gasteiger partial charge in [-0.1, -0.05) is 12.1 Å². The molecule has 0 fully saturated rings. The molecule has 29 heavy (non-hydrogen) atoms. The molecule has 9 nitrogen and oxygen atoms in total. The molecular formula is C20H24N6O3. The van der Waals surface area contributed by atoms with Crippen LogP contribution in [0.5, 0.6) is 0 Å². The minimum atomic E-state index is -0.322. The number of benzene rings is 1. The molecule has 0 aliphatic carbocycles. The van der Waals surface area contributed by atoms with Gasteiger partial charge in [-0.3, -0.25) is 19.5 Å². The molecule has 0 radical (unpaired) electrons.